The topological polar surface area (TPSA) is 56.7 Å². The molecule has 0 aliphatic carbocycles. The van der Waals surface area contributed by atoms with Crippen molar-refractivity contribution in [2.75, 3.05) is 19.7 Å². The van der Waals surface area contributed by atoms with E-state index in [4.69, 9.17) is 4.99 Å². The predicted octanol–water partition coefficient (Wildman–Crippen LogP) is 4.21. The number of nitrogens with one attached hydrogen (secondary N) is 2. The zero-order valence-electron chi connectivity index (χ0n) is 16.3. The van der Waals surface area contributed by atoms with Crippen LogP contribution in [0.3, 0.4) is 0 Å². The maximum Gasteiger partial charge on any atom is 0.191 e. The Hall–Kier alpha value is -0.340. The maximum atomic E-state index is 9.25. The van der Waals surface area contributed by atoms with E-state index in [0.29, 0.717) is 17.9 Å². The molecule has 0 spiro atoms. The van der Waals surface area contributed by atoms with Crippen molar-refractivity contribution in [1.82, 2.24) is 10.6 Å². The molecule has 0 radical (unpaired) electrons. The maximum absolute atomic E-state index is 9.25. The van der Waals surface area contributed by atoms with Gasteiger partial charge in [0, 0.05) is 41.9 Å². The van der Waals surface area contributed by atoms with Crippen LogP contribution in [0, 0.1) is 18.8 Å². The molecule has 1 aromatic heterocycles. The first-order chi connectivity index (χ1) is 11.4. The first kappa shape index (κ1) is 24.7. The number of aliphatic imine (C=N–C) groups is 1. The minimum Gasteiger partial charge on any atom is -0.396 e. The second kappa shape index (κ2) is 13.8. The number of thiophene rings is 1. The summed E-state index contributed by atoms with van der Waals surface area (Å²) in [7, 11) is 0. The molecule has 0 saturated carbocycles. The molecule has 2 unspecified atom stereocenters. The van der Waals surface area contributed by atoms with Gasteiger partial charge in [-0.15, -0.1) is 35.3 Å². The van der Waals surface area contributed by atoms with Gasteiger partial charge in [-0.05, 0) is 57.6 Å². The fourth-order valence-electron chi connectivity index (χ4n) is 2.85. The monoisotopic (exact) mass is 481 g/mol. The number of hydrogen-bond acceptors (Lipinski definition) is 3. The van der Waals surface area contributed by atoms with Crippen LogP contribution in [0.2, 0.25) is 0 Å². The molecule has 25 heavy (non-hydrogen) atoms. The van der Waals surface area contributed by atoms with Crippen molar-refractivity contribution in [3.8, 4) is 0 Å². The number of nitrogens with zero attached hydrogens (tertiary/aromatic N) is 1. The van der Waals surface area contributed by atoms with Gasteiger partial charge >= 0.3 is 0 Å². The second-order valence-corrected chi connectivity index (χ2v) is 8.36. The van der Waals surface area contributed by atoms with E-state index in [1.807, 2.05) is 11.3 Å². The minimum absolute atomic E-state index is 0. The van der Waals surface area contributed by atoms with Crippen LogP contribution in [0.1, 0.15) is 50.3 Å². The Balaban J connectivity index is 0.00000576. The van der Waals surface area contributed by atoms with E-state index in [9.17, 15) is 5.11 Å². The SMILES string of the molecule is CCNC(=NCC(CCO)CC(C)C)NC(C)Cc1ccc(C)s1.I. The van der Waals surface area contributed by atoms with Crippen molar-refractivity contribution in [1.29, 1.82) is 0 Å². The molecule has 1 rings (SSSR count). The summed E-state index contributed by atoms with van der Waals surface area (Å²) in [6.45, 7) is 12.7. The van der Waals surface area contributed by atoms with Crippen LogP contribution in [-0.4, -0.2) is 36.8 Å². The standard InChI is InChI=1S/C19H35N3OS.HI/c1-6-20-19(21-13-17(9-10-23)11-14(2)3)22-15(4)12-18-8-7-16(5)24-18;/h7-8,14-15,17,23H,6,9-13H2,1-5H3,(H2,20,21,22);1H. The predicted molar refractivity (Wildman–Crippen MR) is 121 cm³/mol. The minimum atomic E-state index is 0. The number of rotatable bonds is 10. The van der Waals surface area contributed by atoms with Crippen molar-refractivity contribution in [2.24, 2.45) is 16.8 Å². The molecule has 0 saturated heterocycles. The third-order valence-corrected chi connectivity index (χ3v) is 4.90. The summed E-state index contributed by atoms with van der Waals surface area (Å²) >= 11 is 1.86. The van der Waals surface area contributed by atoms with Crippen LogP contribution in [-0.2, 0) is 6.42 Å². The van der Waals surface area contributed by atoms with E-state index in [0.717, 1.165) is 38.3 Å². The second-order valence-electron chi connectivity index (χ2n) is 6.99. The quantitative estimate of drug-likeness (QED) is 0.267. The highest BCUT2D eigenvalue weighted by atomic mass is 127. The van der Waals surface area contributed by atoms with Crippen molar-refractivity contribution >= 4 is 41.3 Å². The van der Waals surface area contributed by atoms with E-state index in [-0.39, 0.29) is 30.6 Å². The molecule has 1 aromatic rings. The summed E-state index contributed by atoms with van der Waals surface area (Å²) in [5, 5.41) is 16.1. The average molecular weight is 481 g/mol. The average Bonchev–Trinajstić information content (AvgIpc) is 2.89. The van der Waals surface area contributed by atoms with Gasteiger partial charge < -0.3 is 15.7 Å². The van der Waals surface area contributed by atoms with Gasteiger partial charge in [0.1, 0.15) is 0 Å². The number of aryl methyl sites for hydroxylation is 1. The van der Waals surface area contributed by atoms with E-state index >= 15 is 0 Å². The lowest BCUT2D eigenvalue weighted by Crippen LogP contribution is -2.43. The summed E-state index contributed by atoms with van der Waals surface area (Å²) in [6, 6.07) is 4.72. The molecule has 0 aromatic carbocycles. The van der Waals surface area contributed by atoms with Gasteiger partial charge in [0.25, 0.3) is 0 Å². The molecule has 6 heteroatoms. The molecule has 3 N–H and O–H groups in total. The molecular formula is C19H36IN3OS. The summed E-state index contributed by atoms with van der Waals surface area (Å²) in [5.41, 5.74) is 0. The van der Waals surface area contributed by atoms with Crippen LogP contribution >= 0.6 is 35.3 Å². The lowest BCUT2D eigenvalue weighted by atomic mass is 9.94. The lowest BCUT2D eigenvalue weighted by molar-refractivity contribution is 0.245. The zero-order valence-corrected chi connectivity index (χ0v) is 19.5. The Morgan fingerprint density at radius 3 is 2.52 bits per heavy atom. The van der Waals surface area contributed by atoms with E-state index in [1.54, 1.807) is 0 Å². The van der Waals surface area contributed by atoms with Crippen molar-refractivity contribution in [3.05, 3.63) is 21.9 Å². The molecule has 1 heterocycles. The smallest absolute Gasteiger partial charge is 0.191 e. The number of guanidine groups is 1. The van der Waals surface area contributed by atoms with Gasteiger partial charge in [-0.25, -0.2) is 0 Å². The molecule has 0 aliphatic heterocycles. The van der Waals surface area contributed by atoms with E-state index in [2.05, 4.69) is 57.4 Å². The van der Waals surface area contributed by atoms with Crippen molar-refractivity contribution in [3.63, 3.8) is 0 Å². The number of hydrogen-bond donors (Lipinski definition) is 3. The van der Waals surface area contributed by atoms with Gasteiger partial charge in [-0.1, -0.05) is 13.8 Å². The van der Waals surface area contributed by atoms with Crippen molar-refractivity contribution < 1.29 is 5.11 Å². The highest BCUT2D eigenvalue weighted by Gasteiger charge is 2.12. The third-order valence-electron chi connectivity index (χ3n) is 3.88. The largest absolute Gasteiger partial charge is 0.396 e. The highest BCUT2D eigenvalue weighted by molar-refractivity contribution is 14.0. The summed E-state index contributed by atoms with van der Waals surface area (Å²) in [4.78, 5) is 7.52. The highest BCUT2D eigenvalue weighted by Crippen LogP contribution is 2.17. The molecule has 0 bridgehead atoms. The Morgan fingerprint density at radius 1 is 1.28 bits per heavy atom. The van der Waals surface area contributed by atoms with E-state index in [1.165, 1.54) is 9.75 Å². The number of aliphatic hydroxyl groups is 1. The van der Waals surface area contributed by atoms with Gasteiger partial charge in [0.2, 0.25) is 0 Å². The lowest BCUT2D eigenvalue weighted by Gasteiger charge is -2.20. The van der Waals surface area contributed by atoms with Gasteiger partial charge in [-0.2, -0.15) is 0 Å². The van der Waals surface area contributed by atoms with Crippen LogP contribution in [0.25, 0.3) is 0 Å². The van der Waals surface area contributed by atoms with E-state index < -0.39 is 0 Å². The Morgan fingerprint density at radius 2 is 2.00 bits per heavy atom. The molecule has 4 nitrogen and oxygen atoms in total. The van der Waals surface area contributed by atoms with Gasteiger partial charge in [0.05, 0.1) is 0 Å². The molecule has 146 valence electrons. The Labute approximate surface area is 174 Å². The Kier molecular flexibility index (Phi) is 13.6. The molecule has 0 amide bonds. The van der Waals surface area contributed by atoms with Crippen LogP contribution in [0.4, 0.5) is 0 Å². The summed E-state index contributed by atoms with van der Waals surface area (Å²) in [5.74, 6) is 1.96. The van der Waals surface area contributed by atoms with Crippen LogP contribution < -0.4 is 10.6 Å². The fraction of sp³-hybridized carbons (Fsp3) is 0.737. The number of halogens is 1. The first-order valence-electron chi connectivity index (χ1n) is 9.15. The normalized spacial score (nSPS) is 14.1. The fourth-order valence-corrected chi connectivity index (χ4v) is 3.87. The molecule has 0 fully saturated rings. The summed E-state index contributed by atoms with van der Waals surface area (Å²) in [6.07, 6.45) is 2.94. The van der Waals surface area contributed by atoms with Crippen LogP contribution in [0.15, 0.2) is 17.1 Å². The van der Waals surface area contributed by atoms with Crippen molar-refractivity contribution in [2.45, 2.75) is 59.9 Å². The number of aliphatic hydroxyl groups excluding tert-OH is 1. The molecule has 0 aliphatic rings. The molecular weight excluding hydrogens is 445 g/mol. The molecule has 2 atom stereocenters. The van der Waals surface area contributed by atoms with Crippen LogP contribution in [0.5, 0.6) is 0 Å². The van der Waals surface area contributed by atoms with Gasteiger partial charge in [0.15, 0.2) is 5.96 Å². The third kappa shape index (κ3) is 11.1. The Bertz CT molecular complexity index is 491. The first-order valence-corrected chi connectivity index (χ1v) is 9.97. The summed E-state index contributed by atoms with van der Waals surface area (Å²) < 4.78 is 0. The van der Waals surface area contributed by atoms with Gasteiger partial charge in [-0.3, -0.25) is 4.99 Å². The zero-order chi connectivity index (χ0) is 17.9.